The number of benzene rings is 2. The van der Waals surface area contributed by atoms with Gasteiger partial charge in [-0.3, -0.25) is 9.59 Å². The third-order valence-corrected chi connectivity index (χ3v) is 5.62. The van der Waals surface area contributed by atoms with Crippen molar-refractivity contribution in [1.29, 1.82) is 0 Å². The lowest BCUT2D eigenvalue weighted by molar-refractivity contribution is -0.121. The van der Waals surface area contributed by atoms with Gasteiger partial charge in [0.25, 0.3) is 5.91 Å². The number of nitrogens with zero attached hydrogens (tertiary/aromatic N) is 3. The maximum atomic E-state index is 12.8. The van der Waals surface area contributed by atoms with E-state index in [-0.39, 0.29) is 24.5 Å². The van der Waals surface area contributed by atoms with E-state index in [1.165, 1.54) is 0 Å². The summed E-state index contributed by atoms with van der Waals surface area (Å²) in [6.07, 6.45) is 3.01. The number of rotatable bonds is 4. The number of amides is 2. The first kappa shape index (κ1) is 19.2. The van der Waals surface area contributed by atoms with Crippen LogP contribution in [0.5, 0.6) is 11.5 Å². The zero-order valence-electron chi connectivity index (χ0n) is 16.9. The van der Waals surface area contributed by atoms with Crippen LogP contribution >= 0.6 is 0 Å². The molecule has 8 nitrogen and oxygen atoms in total. The topological polar surface area (TPSA) is 85.7 Å². The van der Waals surface area contributed by atoms with E-state index in [4.69, 9.17) is 9.47 Å². The third kappa shape index (κ3) is 3.96. The molecule has 3 aromatic rings. The van der Waals surface area contributed by atoms with Crippen LogP contribution in [0.3, 0.4) is 0 Å². The van der Waals surface area contributed by atoms with Crippen molar-refractivity contribution in [2.75, 3.05) is 25.2 Å². The second-order valence-electron chi connectivity index (χ2n) is 7.60. The van der Waals surface area contributed by atoms with Crippen molar-refractivity contribution in [2.45, 2.75) is 12.8 Å². The van der Waals surface area contributed by atoms with Crippen molar-refractivity contribution < 1.29 is 19.1 Å². The number of anilines is 1. The average Bonchev–Trinajstić information content (AvgIpc) is 3.49. The van der Waals surface area contributed by atoms with Gasteiger partial charge in [-0.1, -0.05) is 18.2 Å². The fourth-order valence-corrected chi connectivity index (χ4v) is 3.89. The van der Waals surface area contributed by atoms with E-state index in [9.17, 15) is 9.59 Å². The summed E-state index contributed by atoms with van der Waals surface area (Å²) in [5.41, 5.74) is 1.99. The number of carbonyl (C=O) groups is 2. The fraction of sp³-hybridized carbons (Fsp3) is 0.261. The molecule has 31 heavy (non-hydrogen) atoms. The van der Waals surface area contributed by atoms with Gasteiger partial charge in [0.15, 0.2) is 17.2 Å². The number of carbonyl (C=O) groups excluding carboxylic acids is 2. The summed E-state index contributed by atoms with van der Waals surface area (Å²) in [5, 5.41) is 7.36. The molecule has 1 N–H and O–H groups in total. The number of aromatic nitrogens is 2. The predicted molar refractivity (Wildman–Crippen MR) is 113 cm³/mol. The van der Waals surface area contributed by atoms with Gasteiger partial charge in [0.05, 0.1) is 5.69 Å². The molecule has 0 bridgehead atoms. The van der Waals surface area contributed by atoms with Crippen LogP contribution in [0.2, 0.25) is 0 Å². The molecule has 1 aromatic heterocycles. The van der Waals surface area contributed by atoms with Gasteiger partial charge in [-0.25, -0.2) is 4.68 Å². The Morgan fingerprint density at radius 2 is 1.74 bits per heavy atom. The van der Waals surface area contributed by atoms with Crippen LogP contribution in [0.1, 0.15) is 23.3 Å². The third-order valence-electron chi connectivity index (χ3n) is 5.62. The van der Waals surface area contributed by atoms with Gasteiger partial charge in [0.2, 0.25) is 12.7 Å². The van der Waals surface area contributed by atoms with Crippen molar-refractivity contribution in [1.82, 2.24) is 14.7 Å². The molecule has 2 aliphatic heterocycles. The highest BCUT2D eigenvalue weighted by Crippen LogP contribution is 2.34. The standard InChI is InChI=1S/C23H22N4O4/c28-22(24-17-6-7-20-21(14-17)31-15-30-20)16-8-11-26(12-9-16)23(29)19-10-13-27(25-19)18-4-2-1-3-5-18/h1-7,10,13-14,16H,8-9,11-12,15H2,(H,24,28). The summed E-state index contributed by atoms with van der Waals surface area (Å²) in [7, 11) is 0. The van der Waals surface area contributed by atoms with Gasteiger partial charge in [0, 0.05) is 37.0 Å². The minimum atomic E-state index is -0.142. The Labute approximate surface area is 179 Å². The van der Waals surface area contributed by atoms with Gasteiger partial charge in [-0.15, -0.1) is 0 Å². The zero-order valence-corrected chi connectivity index (χ0v) is 16.9. The normalized spacial score (nSPS) is 15.7. The summed E-state index contributed by atoms with van der Waals surface area (Å²) < 4.78 is 12.3. The summed E-state index contributed by atoms with van der Waals surface area (Å²) in [5.74, 6) is 1.02. The number of nitrogens with one attached hydrogen (secondary N) is 1. The van der Waals surface area contributed by atoms with E-state index in [1.807, 2.05) is 30.3 Å². The Hall–Kier alpha value is -3.81. The highest BCUT2D eigenvalue weighted by molar-refractivity contribution is 5.94. The van der Waals surface area contributed by atoms with E-state index in [0.29, 0.717) is 48.8 Å². The lowest BCUT2D eigenvalue weighted by Crippen LogP contribution is -2.41. The number of piperidine rings is 1. The lowest BCUT2D eigenvalue weighted by atomic mass is 9.95. The maximum Gasteiger partial charge on any atom is 0.274 e. The van der Waals surface area contributed by atoms with Crippen molar-refractivity contribution in [3.8, 4) is 17.2 Å². The van der Waals surface area contributed by atoms with Gasteiger partial charge in [-0.2, -0.15) is 5.10 Å². The number of fused-ring (bicyclic) bond motifs is 1. The number of ether oxygens (including phenoxy) is 2. The molecule has 2 aromatic carbocycles. The van der Waals surface area contributed by atoms with E-state index >= 15 is 0 Å². The van der Waals surface area contributed by atoms with E-state index in [0.717, 1.165) is 5.69 Å². The molecular weight excluding hydrogens is 396 g/mol. The molecule has 0 radical (unpaired) electrons. The number of hydrogen-bond donors (Lipinski definition) is 1. The molecular formula is C23H22N4O4. The molecule has 0 spiro atoms. The summed E-state index contributed by atoms with van der Waals surface area (Å²) in [6.45, 7) is 1.25. The molecule has 0 atom stereocenters. The van der Waals surface area contributed by atoms with Gasteiger partial charge >= 0.3 is 0 Å². The molecule has 0 unspecified atom stereocenters. The minimum Gasteiger partial charge on any atom is -0.454 e. The van der Waals surface area contributed by atoms with E-state index in [2.05, 4.69) is 10.4 Å². The second-order valence-corrected chi connectivity index (χ2v) is 7.60. The van der Waals surface area contributed by atoms with Crippen molar-refractivity contribution >= 4 is 17.5 Å². The zero-order chi connectivity index (χ0) is 21.2. The quantitative estimate of drug-likeness (QED) is 0.704. The first-order chi connectivity index (χ1) is 15.2. The predicted octanol–water partition coefficient (Wildman–Crippen LogP) is 3.09. The molecule has 1 fully saturated rings. The van der Waals surface area contributed by atoms with Crippen molar-refractivity contribution in [3.05, 3.63) is 66.5 Å². The first-order valence-electron chi connectivity index (χ1n) is 10.3. The van der Waals surface area contributed by atoms with E-state index < -0.39 is 0 Å². The highest BCUT2D eigenvalue weighted by atomic mass is 16.7. The molecule has 5 rings (SSSR count). The SMILES string of the molecule is O=C(Nc1ccc2c(c1)OCO2)C1CCN(C(=O)c2ccn(-c3ccccc3)n2)CC1. The van der Waals surface area contributed by atoms with Crippen LogP contribution in [-0.4, -0.2) is 46.4 Å². The van der Waals surface area contributed by atoms with Crippen molar-refractivity contribution in [3.63, 3.8) is 0 Å². The van der Waals surface area contributed by atoms with Gasteiger partial charge in [-0.05, 0) is 43.2 Å². The Kier molecular flexibility index (Phi) is 5.03. The molecule has 0 saturated carbocycles. The highest BCUT2D eigenvalue weighted by Gasteiger charge is 2.29. The Bertz CT molecular complexity index is 1100. The Morgan fingerprint density at radius 3 is 2.55 bits per heavy atom. The van der Waals surface area contributed by atoms with Crippen LogP contribution < -0.4 is 14.8 Å². The Balaban J connectivity index is 1.17. The van der Waals surface area contributed by atoms with E-state index in [1.54, 1.807) is 40.0 Å². The summed E-state index contributed by atoms with van der Waals surface area (Å²) >= 11 is 0. The van der Waals surface area contributed by atoms with Crippen LogP contribution in [-0.2, 0) is 4.79 Å². The largest absolute Gasteiger partial charge is 0.454 e. The molecule has 0 aliphatic carbocycles. The average molecular weight is 418 g/mol. The number of hydrogen-bond acceptors (Lipinski definition) is 5. The monoisotopic (exact) mass is 418 g/mol. The number of para-hydroxylation sites is 1. The molecule has 1 saturated heterocycles. The fourth-order valence-electron chi connectivity index (χ4n) is 3.89. The minimum absolute atomic E-state index is 0.0423. The molecule has 8 heteroatoms. The second kappa shape index (κ2) is 8.14. The molecule has 158 valence electrons. The summed E-state index contributed by atoms with van der Waals surface area (Å²) in [4.78, 5) is 27.3. The molecule has 2 amide bonds. The van der Waals surface area contributed by atoms with Crippen LogP contribution in [0.4, 0.5) is 5.69 Å². The van der Waals surface area contributed by atoms with Crippen molar-refractivity contribution in [2.24, 2.45) is 5.92 Å². The van der Waals surface area contributed by atoms with Gasteiger partial charge in [0.1, 0.15) is 0 Å². The summed E-state index contributed by atoms with van der Waals surface area (Å²) in [6, 6.07) is 16.7. The number of likely N-dealkylation sites (tertiary alicyclic amines) is 1. The first-order valence-corrected chi connectivity index (χ1v) is 10.3. The van der Waals surface area contributed by atoms with Gasteiger partial charge < -0.3 is 19.7 Å². The van der Waals surface area contributed by atoms with Crippen LogP contribution in [0.25, 0.3) is 5.69 Å². The van der Waals surface area contributed by atoms with Crippen LogP contribution in [0, 0.1) is 5.92 Å². The molecule has 3 heterocycles. The lowest BCUT2D eigenvalue weighted by Gasteiger charge is -2.30. The van der Waals surface area contributed by atoms with Crippen LogP contribution in [0.15, 0.2) is 60.8 Å². The maximum absolute atomic E-state index is 12.8. The Morgan fingerprint density at radius 1 is 0.968 bits per heavy atom. The molecule has 2 aliphatic rings. The smallest absolute Gasteiger partial charge is 0.274 e.